The molecule has 2 aromatic carbocycles. The first kappa shape index (κ1) is 17.6. The summed E-state index contributed by atoms with van der Waals surface area (Å²) in [5, 5.41) is 9.96. The molecule has 6 heteroatoms. The van der Waals surface area contributed by atoms with Crippen LogP contribution in [0.5, 0.6) is 5.75 Å². The highest BCUT2D eigenvalue weighted by atomic mass is 79.9. The summed E-state index contributed by atoms with van der Waals surface area (Å²) >= 11 is 3.33. The van der Waals surface area contributed by atoms with Crippen LogP contribution in [0.25, 0.3) is 22.6 Å². The Bertz CT molecular complexity index is 1090. The van der Waals surface area contributed by atoms with Gasteiger partial charge in [0.05, 0.1) is 16.5 Å². The lowest BCUT2D eigenvalue weighted by atomic mass is 10.1. The van der Waals surface area contributed by atoms with E-state index in [1.54, 1.807) is 42.5 Å². The van der Waals surface area contributed by atoms with Gasteiger partial charge in [-0.2, -0.15) is 5.26 Å². The fourth-order valence-electron chi connectivity index (χ4n) is 2.37. The summed E-state index contributed by atoms with van der Waals surface area (Å²) in [5.74, 6) is 0.947. The second-order valence-corrected chi connectivity index (χ2v) is 6.33. The van der Waals surface area contributed by atoms with E-state index in [0.29, 0.717) is 23.3 Å². The molecule has 0 atom stereocenters. The molecule has 3 rings (SSSR count). The highest BCUT2D eigenvalue weighted by Gasteiger charge is 2.09. The molecular weight excluding hydrogens is 394 g/mol. The summed E-state index contributed by atoms with van der Waals surface area (Å²) in [6.45, 7) is 4.03. The SMILES string of the molecule is C=CCOc1ccc(/C=C(\C#N)c2nc3ccc(Br)cc3c(=O)[nH]2)cc1. The number of halogens is 1. The number of rotatable bonds is 5. The maximum Gasteiger partial charge on any atom is 0.259 e. The number of nitrogens with one attached hydrogen (secondary N) is 1. The van der Waals surface area contributed by atoms with Crippen molar-refractivity contribution in [2.75, 3.05) is 6.61 Å². The predicted molar refractivity (Wildman–Crippen MR) is 106 cm³/mol. The maximum atomic E-state index is 12.3. The summed E-state index contributed by atoms with van der Waals surface area (Å²) < 4.78 is 6.22. The van der Waals surface area contributed by atoms with Crippen molar-refractivity contribution in [3.63, 3.8) is 0 Å². The molecule has 128 valence electrons. The third-order valence-electron chi connectivity index (χ3n) is 3.60. The lowest BCUT2D eigenvalue weighted by Crippen LogP contribution is -2.11. The molecule has 5 nitrogen and oxygen atoms in total. The molecule has 26 heavy (non-hydrogen) atoms. The average molecular weight is 408 g/mol. The Kier molecular flexibility index (Phi) is 5.30. The van der Waals surface area contributed by atoms with Crippen LogP contribution in [-0.4, -0.2) is 16.6 Å². The molecule has 0 spiro atoms. The standard InChI is InChI=1S/C20H14BrN3O2/c1-2-9-26-16-6-3-13(4-7-16)10-14(12-22)19-23-18-8-5-15(21)11-17(18)20(25)24-19/h2-8,10-11H,1,9H2,(H,23,24,25)/b14-10+. The number of hydrogen-bond acceptors (Lipinski definition) is 4. The molecule has 0 saturated heterocycles. The summed E-state index contributed by atoms with van der Waals surface area (Å²) in [5.41, 5.74) is 1.31. The zero-order valence-electron chi connectivity index (χ0n) is 13.7. The van der Waals surface area contributed by atoms with Gasteiger partial charge < -0.3 is 9.72 Å². The number of allylic oxidation sites excluding steroid dienone is 1. The topological polar surface area (TPSA) is 78.8 Å². The predicted octanol–water partition coefficient (Wildman–Crippen LogP) is 4.31. The zero-order chi connectivity index (χ0) is 18.5. The number of nitrogens with zero attached hydrogens (tertiary/aromatic N) is 2. The molecule has 0 amide bonds. The highest BCUT2D eigenvalue weighted by molar-refractivity contribution is 9.10. The second kappa shape index (κ2) is 7.81. The highest BCUT2D eigenvalue weighted by Crippen LogP contribution is 2.20. The fraction of sp³-hybridized carbons (Fsp3) is 0.0500. The molecule has 0 aliphatic heterocycles. The minimum atomic E-state index is -0.291. The Morgan fingerprint density at radius 1 is 1.31 bits per heavy atom. The van der Waals surface area contributed by atoms with Gasteiger partial charge in [0.25, 0.3) is 5.56 Å². The number of benzene rings is 2. The molecule has 0 radical (unpaired) electrons. The Hall–Kier alpha value is -3.17. The first-order valence-corrected chi connectivity index (χ1v) is 8.55. The van der Waals surface area contributed by atoms with Crippen LogP contribution in [-0.2, 0) is 0 Å². The smallest absolute Gasteiger partial charge is 0.259 e. The molecule has 0 saturated carbocycles. The van der Waals surface area contributed by atoms with Crippen LogP contribution in [0.2, 0.25) is 0 Å². The molecule has 0 unspecified atom stereocenters. The largest absolute Gasteiger partial charge is 0.490 e. The first-order valence-electron chi connectivity index (χ1n) is 7.76. The van der Waals surface area contributed by atoms with Crippen LogP contribution >= 0.6 is 15.9 Å². The van der Waals surface area contributed by atoms with E-state index in [-0.39, 0.29) is 17.0 Å². The Morgan fingerprint density at radius 2 is 2.08 bits per heavy atom. The van der Waals surface area contributed by atoms with Crippen molar-refractivity contribution in [1.29, 1.82) is 5.26 Å². The van der Waals surface area contributed by atoms with Gasteiger partial charge >= 0.3 is 0 Å². The Labute approximate surface area is 158 Å². The van der Waals surface area contributed by atoms with Crippen molar-refractivity contribution < 1.29 is 4.74 Å². The molecular formula is C20H14BrN3O2. The van der Waals surface area contributed by atoms with E-state index >= 15 is 0 Å². The van der Waals surface area contributed by atoms with Gasteiger partial charge in [-0.3, -0.25) is 4.79 Å². The van der Waals surface area contributed by atoms with Gasteiger partial charge in [-0.15, -0.1) is 0 Å². The molecule has 1 heterocycles. The summed E-state index contributed by atoms with van der Waals surface area (Å²) in [7, 11) is 0. The number of nitriles is 1. The number of hydrogen-bond donors (Lipinski definition) is 1. The van der Waals surface area contributed by atoms with Crippen LogP contribution in [0.3, 0.4) is 0 Å². The number of aromatic amines is 1. The second-order valence-electron chi connectivity index (χ2n) is 5.41. The summed E-state index contributed by atoms with van der Waals surface area (Å²) in [4.78, 5) is 19.4. The number of ether oxygens (including phenoxy) is 1. The monoisotopic (exact) mass is 407 g/mol. The van der Waals surface area contributed by atoms with Gasteiger partial charge in [0.2, 0.25) is 0 Å². The van der Waals surface area contributed by atoms with Crippen molar-refractivity contribution in [1.82, 2.24) is 9.97 Å². The van der Waals surface area contributed by atoms with Crippen molar-refractivity contribution in [2.24, 2.45) is 0 Å². The van der Waals surface area contributed by atoms with E-state index in [2.05, 4.69) is 38.5 Å². The van der Waals surface area contributed by atoms with E-state index < -0.39 is 0 Å². The van der Waals surface area contributed by atoms with Crippen LogP contribution in [0.15, 0.2) is 64.4 Å². The molecule has 1 aromatic heterocycles. The van der Waals surface area contributed by atoms with Gasteiger partial charge in [-0.1, -0.05) is 40.7 Å². The minimum Gasteiger partial charge on any atom is -0.490 e. The molecule has 0 bridgehead atoms. The first-order chi connectivity index (χ1) is 12.6. The van der Waals surface area contributed by atoms with Crippen LogP contribution in [0, 0.1) is 11.3 Å². The van der Waals surface area contributed by atoms with Gasteiger partial charge in [0.15, 0.2) is 5.82 Å². The molecule has 0 aliphatic carbocycles. The van der Waals surface area contributed by atoms with Crippen LogP contribution < -0.4 is 10.3 Å². The van der Waals surface area contributed by atoms with Crippen LogP contribution in [0.4, 0.5) is 0 Å². The van der Waals surface area contributed by atoms with E-state index in [0.717, 1.165) is 10.0 Å². The summed E-state index contributed by atoms with van der Waals surface area (Å²) in [6, 6.07) is 14.6. The number of fused-ring (bicyclic) bond motifs is 1. The maximum absolute atomic E-state index is 12.3. The van der Waals surface area contributed by atoms with Crippen molar-refractivity contribution in [2.45, 2.75) is 0 Å². The van der Waals surface area contributed by atoms with E-state index in [9.17, 15) is 10.1 Å². The fourth-order valence-corrected chi connectivity index (χ4v) is 2.74. The van der Waals surface area contributed by atoms with Crippen molar-refractivity contribution in [3.8, 4) is 11.8 Å². The van der Waals surface area contributed by atoms with Gasteiger partial charge in [-0.25, -0.2) is 4.98 Å². The van der Waals surface area contributed by atoms with E-state index in [4.69, 9.17) is 4.74 Å². The lowest BCUT2D eigenvalue weighted by Gasteiger charge is -2.04. The van der Waals surface area contributed by atoms with Crippen molar-refractivity contribution in [3.05, 3.63) is 81.3 Å². The van der Waals surface area contributed by atoms with E-state index in [1.807, 2.05) is 12.1 Å². The minimum absolute atomic E-state index is 0.235. The normalized spacial score (nSPS) is 11.2. The lowest BCUT2D eigenvalue weighted by molar-refractivity contribution is 0.363. The molecule has 1 N–H and O–H groups in total. The van der Waals surface area contributed by atoms with Gasteiger partial charge in [-0.05, 0) is 42.0 Å². The number of H-pyrrole nitrogens is 1. The van der Waals surface area contributed by atoms with Crippen molar-refractivity contribution >= 4 is 38.5 Å². The zero-order valence-corrected chi connectivity index (χ0v) is 15.3. The Morgan fingerprint density at radius 3 is 2.77 bits per heavy atom. The Balaban J connectivity index is 1.98. The van der Waals surface area contributed by atoms with Crippen LogP contribution in [0.1, 0.15) is 11.4 Å². The van der Waals surface area contributed by atoms with Gasteiger partial charge in [0.1, 0.15) is 18.4 Å². The molecule has 0 fully saturated rings. The number of aromatic nitrogens is 2. The van der Waals surface area contributed by atoms with E-state index in [1.165, 1.54) is 0 Å². The van der Waals surface area contributed by atoms with Gasteiger partial charge in [0, 0.05) is 4.47 Å². The molecule has 3 aromatic rings. The molecule has 0 aliphatic rings. The third-order valence-corrected chi connectivity index (χ3v) is 4.10. The summed E-state index contributed by atoms with van der Waals surface area (Å²) in [6.07, 6.45) is 3.34. The quantitative estimate of drug-likeness (QED) is 0.504. The average Bonchev–Trinajstić information content (AvgIpc) is 2.66. The third kappa shape index (κ3) is 3.90.